The zero-order valence-corrected chi connectivity index (χ0v) is 16.0. The van der Waals surface area contributed by atoms with Gasteiger partial charge in [-0.1, -0.05) is 30.4 Å². The highest BCUT2D eigenvalue weighted by atomic mass is 16.5. The van der Waals surface area contributed by atoms with E-state index in [9.17, 15) is 4.79 Å². The van der Waals surface area contributed by atoms with E-state index in [0.717, 1.165) is 56.0 Å². The number of amides is 1. The standard InChI is InChI=1S/C22H26N4O2/c27-20-16-28-19-8-2-1-6-18(19)7-3-4-9-22(17-25-20)10-14-26(15-11-22)21-23-12-5-13-24-21/h1-6,8,12-13H,7,9-11,14-17H2,(H,25,27)/b4-3+. The summed E-state index contributed by atoms with van der Waals surface area (Å²) >= 11 is 0. The summed E-state index contributed by atoms with van der Waals surface area (Å²) in [6.45, 7) is 2.52. The molecule has 6 heteroatoms. The summed E-state index contributed by atoms with van der Waals surface area (Å²) in [5, 5.41) is 3.10. The molecule has 3 heterocycles. The molecule has 1 fully saturated rings. The monoisotopic (exact) mass is 378 g/mol. The van der Waals surface area contributed by atoms with Crippen LogP contribution in [-0.4, -0.2) is 42.1 Å². The van der Waals surface area contributed by atoms with Gasteiger partial charge in [-0.05, 0) is 48.8 Å². The Morgan fingerprint density at radius 2 is 1.82 bits per heavy atom. The van der Waals surface area contributed by atoms with Gasteiger partial charge in [0.05, 0.1) is 0 Å². The van der Waals surface area contributed by atoms with E-state index < -0.39 is 0 Å². The number of carbonyl (C=O) groups is 1. The van der Waals surface area contributed by atoms with Gasteiger partial charge in [0.15, 0.2) is 6.61 Å². The second kappa shape index (κ2) is 8.42. The first-order valence-corrected chi connectivity index (χ1v) is 9.89. The van der Waals surface area contributed by atoms with Crippen molar-refractivity contribution in [2.45, 2.75) is 25.7 Å². The molecule has 4 rings (SSSR count). The number of allylic oxidation sites excluding steroid dienone is 2. The zero-order chi connectivity index (χ0) is 19.2. The number of para-hydroxylation sites is 1. The Balaban J connectivity index is 1.47. The molecule has 1 N–H and O–H groups in total. The highest BCUT2D eigenvalue weighted by Gasteiger charge is 2.34. The van der Waals surface area contributed by atoms with Gasteiger partial charge in [-0.3, -0.25) is 4.79 Å². The number of rotatable bonds is 1. The third-order valence-corrected chi connectivity index (χ3v) is 5.71. The van der Waals surface area contributed by atoms with Crippen molar-refractivity contribution < 1.29 is 9.53 Å². The number of benzene rings is 1. The maximum Gasteiger partial charge on any atom is 0.257 e. The Morgan fingerprint density at radius 1 is 1.04 bits per heavy atom. The molecule has 0 atom stereocenters. The van der Waals surface area contributed by atoms with E-state index in [1.165, 1.54) is 0 Å². The predicted molar refractivity (Wildman–Crippen MR) is 108 cm³/mol. The molecule has 1 aromatic carbocycles. The van der Waals surface area contributed by atoms with Gasteiger partial charge in [0.2, 0.25) is 5.95 Å². The van der Waals surface area contributed by atoms with E-state index in [-0.39, 0.29) is 17.9 Å². The van der Waals surface area contributed by atoms with Crippen molar-refractivity contribution >= 4 is 11.9 Å². The Hall–Kier alpha value is -2.89. The molecule has 2 aliphatic heterocycles. The van der Waals surface area contributed by atoms with Crippen molar-refractivity contribution in [3.8, 4) is 5.75 Å². The first-order chi connectivity index (χ1) is 13.7. The van der Waals surface area contributed by atoms with Crippen LogP contribution in [0.25, 0.3) is 0 Å². The van der Waals surface area contributed by atoms with Crippen molar-refractivity contribution in [3.05, 3.63) is 60.4 Å². The van der Waals surface area contributed by atoms with Crippen LogP contribution in [0.5, 0.6) is 5.75 Å². The van der Waals surface area contributed by atoms with Gasteiger partial charge in [0.25, 0.3) is 5.91 Å². The van der Waals surface area contributed by atoms with Crippen molar-refractivity contribution in [1.82, 2.24) is 15.3 Å². The molecule has 28 heavy (non-hydrogen) atoms. The number of fused-ring (bicyclic) bond motifs is 1. The van der Waals surface area contributed by atoms with Crippen LogP contribution in [0.4, 0.5) is 5.95 Å². The summed E-state index contributed by atoms with van der Waals surface area (Å²) in [4.78, 5) is 23.3. The second-order valence-corrected chi connectivity index (χ2v) is 7.59. The average Bonchev–Trinajstić information content (AvgIpc) is 2.75. The largest absolute Gasteiger partial charge is 0.483 e. The minimum atomic E-state index is -0.0625. The van der Waals surface area contributed by atoms with Crippen LogP contribution >= 0.6 is 0 Å². The molecule has 2 aromatic rings. The Labute approximate surface area is 165 Å². The molecule has 1 saturated heterocycles. The number of hydrogen-bond acceptors (Lipinski definition) is 5. The number of anilines is 1. The Kier molecular flexibility index (Phi) is 5.55. The molecule has 0 radical (unpaired) electrons. The van der Waals surface area contributed by atoms with Crippen LogP contribution in [0, 0.1) is 5.41 Å². The molecule has 146 valence electrons. The fraction of sp³-hybridized carbons (Fsp3) is 0.409. The average molecular weight is 378 g/mol. The number of hydrogen-bond donors (Lipinski definition) is 1. The fourth-order valence-electron chi connectivity index (χ4n) is 3.93. The summed E-state index contributed by atoms with van der Waals surface area (Å²) in [7, 11) is 0. The first kappa shape index (κ1) is 18.5. The van der Waals surface area contributed by atoms with E-state index >= 15 is 0 Å². The third-order valence-electron chi connectivity index (χ3n) is 5.71. The van der Waals surface area contributed by atoms with Crippen molar-refractivity contribution in [2.75, 3.05) is 31.1 Å². The van der Waals surface area contributed by atoms with Gasteiger partial charge in [-0.2, -0.15) is 0 Å². The van der Waals surface area contributed by atoms with Crippen LogP contribution in [0.2, 0.25) is 0 Å². The highest BCUT2D eigenvalue weighted by Crippen LogP contribution is 2.36. The quantitative estimate of drug-likeness (QED) is 0.773. The summed E-state index contributed by atoms with van der Waals surface area (Å²) < 4.78 is 5.75. The molecular formula is C22H26N4O2. The van der Waals surface area contributed by atoms with E-state index in [0.29, 0.717) is 6.54 Å². The van der Waals surface area contributed by atoms with Gasteiger partial charge < -0.3 is 15.0 Å². The number of carbonyl (C=O) groups excluding carboxylic acids is 1. The number of piperidine rings is 1. The molecule has 2 aliphatic rings. The Bertz CT molecular complexity index is 829. The maximum absolute atomic E-state index is 12.3. The lowest BCUT2D eigenvalue weighted by Gasteiger charge is -2.41. The van der Waals surface area contributed by atoms with Crippen molar-refractivity contribution in [3.63, 3.8) is 0 Å². The fourth-order valence-corrected chi connectivity index (χ4v) is 3.93. The summed E-state index contributed by atoms with van der Waals surface area (Å²) in [5.74, 6) is 1.51. The van der Waals surface area contributed by atoms with Crippen LogP contribution in [0.1, 0.15) is 24.8 Å². The molecular weight excluding hydrogens is 352 g/mol. The van der Waals surface area contributed by atoms with Gasteiger partial charge in [0, 0.05) is 32.0 Å². The predicted octanol–water partition coefficient (Wildman–Crippen LogP) is 2.76. The third kappa shape index (κ3) is 4.32. The maximum atomic E-state index is 12.3. The zero-order valence-electron chi connectivity index (χ0n) is 16.0. The van der Waals surface area contributed by atoms with Gasteiger partial charge >= 0.3 is 0 Å². The Morgan fingerprint density at radius 3 is 2.64 bits per heavy atom. The molecule has 0 aliphatic carbocycles. The number of aromatic nitrogens is 2. The topological polar surface area (TPSA) is 67.3 Å². The summed E-state index contributed by atoms with van der Waals surface area (Å²) in [5.41, 5.74) is 1.17. The lowest BCUT2D eigenvalue weighted by molar-refractivity contribution is -0.123. The van der Waals surface area contributed by atoms with Gasteiger partial charge in [-0.15, -0.1) is 0 Å². The lowest BCUT2D eigenvalue weighted by atomic mass is 9.75. The molecule has 1 amide bonds. The van der Waals surface area contributed by atoms with E-state index in [1.54, 1.807) is 12.4 Å². The molecule has 0 saturated carbocycles. The van der Waals surface area contributed by atoms with Gasteiger partial charge in [-0.25, -0.2) is 9.97 Å². The number of nitrogens with one attached hydrogen (secondary N) is 1. The number of nitrogens with zero attached hydrogens (tertiary/aromatic N) is 3. The van der Waals surface area contributed by atoms with Gasteiger partial charge in [0.1, 0.15) is 5.75 Å². The van der Waals surface area contributed by atoms with E-state index in [1.807, 2.05) is 24.3 Å². The van der Waals surface area contributed by atoms with Crippen molar-refractivity contribution in [2.24, 2.45) is 5.41 Å². The van der Waals surface area contributed by atoms with E-state index in [4.69, 9.17) is 4.74 Å². The molecule has 1 spiro atoms. The minimum absolute atomic E-state index is 0.0563. The van der Waals surface area contributed by atoms with Crippen LogP contribution in [0.15, 0.2) is 54.9 Å². The summed E-state index contributed by atoms with van der Waals surface area (Å²) in [6, 6.07) is 9.75. The van der Waals surface area contributed by atoms with Crippen molar-refractivity contribution in [1.29, 1.82) is 0 Å². The summed E-state index contributed by atoms with van der Waals surface area (Å²) in [6.07, 6.45) is 11.8. The molecule has 1 aromatic heterocycles. The first-order valence-electron chi connectivity index (χ1n) is 9.89. The number of ether oxygens (including phenoxy) is 1. The molecule has 0 bridgehead atoms. The lowest BCUT2D eigenvalue weighted by Crippen LogP contribution is -2.47. The SMILES string of the molecule is O=C1COc2ccccc2C/C=C/CC2(CCN(c3ncccn3)CC2)CN1. The normalized spacial score (nSPS) is 20.9. The highest BCUT2D eigenvalue weighted by molar-refractivity contribution is 5.77. The molecule has 6 nitrogen and oxygen atoms in total. The molecule has 0 unspecified atom stereocenters. The van der Waals surface area contributed by atoms with E-state index in [2.05, 4.69) is 38.4 Å². The second-order valence-electron chi connectivity index (χ2n) is 7.59. The van der Waals surface area contributed by atoms with Crippen LogP contribution in [-0.2, 0) is 11.2 Å². The van der Waals surface area contributed by atoms with Crippen LogP contribution in [0.3, 0.4) is 0 Å². The van der Waals surface area contributed by atoms with Crippen LogP contribution < -0.4 is 15.0 Å². The minimum Gasteiger partial charge on any atom is -0.483 e. The smallest absolute Gasteiger partial charge is 0.257 e.